The number of hydrogen-bond donors (Lipinski definition) is 1. The summed E-state index contributed by atoms with van der Waals surface area (Å²) in [5.41, 5.74) is 0.209. The van der Waals surface area contributed by atoms with Gasteiger partial charge in [-0.2, -0.15) is 0 Å². The third kappa shape index (κ3) is 3.73. The van der Waals surface area contributed by atoms with Gasteiger partial charge in [0, 0.05) is 25.6 Å². The van der Waals surface area contributed by atoms with E-state index in [0.717, 1.165) is 37.7 Å². The van der Waals surface area contributed by atoms with Crippen molar-refractivity contribution >= 4 is 5.91 Å². The van der Waals surface area contributed by atoms with Gasteiger partial charge in [0.2, 0.25) is 5.91 Å². The summed E-state index contributed by atoms with van der Waals surface area (Å²) >= 11 is 0. The lowest BCUT2D eigenvalue weighted by molar-refractivity contribution is -0.131. The number of rotatable bonds is 4. The Labute approximate surface area is 111 Å². The van der Waals surface area contributed by atoms with Crippen LogP contribution < -0.4 is 5.32 Å². The maximum absolute atomic E-state index is 13.5. The zero-order valence-electron chi connectivity index (χ0n) is 11.0. The van der Waals surface area contributed by atoms with Gasteiger partial charge in [0.05, 0.1) is 0 Å². The van der Waals surface area contributed by atoms with E-state index >= 15 is 0 Å². The molecule has 104 valence electrons. The molecule has 1 atom stereocenters. The second-order valence-corrected chi connectivity index (χ2v) is 5.05. The molecule has 5 heteroatoms. The Morgan fingerprint density at radius 1 is 1.47 bits per heavy atom. The van der Waals surface area contributed by atoms with E-state index in [1.165, 1.54) is 4.90 Å². The molecule has 1 amide bonds. The first-order valence-electron chi connectivity index (χ1n) is 6.45. The minimum Gasteiger partial charge on any atom is -0.341 e. The van der Waals surface area contributed by atoms with Crippen LogP contribution in [-0.2, 0) is 11.3 Å². The van der Waals surface area contributed by atoms with Crippen LogP contribution in [0.4, 0.5) is 8.78 Å². The first kappa shape index (κ1) is 13.9. The predicted molar refractivity (Wildman–Crippen MR) is 68.4 cm³/mol. The van der Waals surface area contributed by atoms with Gasteiger partial charge in [0.15, 0.2) is 0 Å². The lowest BCUT2D eigenvalue weighted by Crippen LogP contribution is -2.29. The molecule has 1 saturated heterocycles. The Hall–Kier alpha value is -1.49. The molecule has 1 N–H and O–H groups in total. The van der Waals surface area contributed by atoms with Gasteiger partial charge in [0.25, 0.3) is 0 Å². The van der Waals surface area contributed by atoms with Gasteiger partial charge in [-0.05, 0) is 43.6 Å². The van der Waals surface area contributed by atoms with Crippen molar-refractivity contribution in [3.05, 3.63) is 35.4 Å². The highest BCUT2D eigenvalue weighted by molar-refractivity contribution is 5.76. The van der Waals surface area contributed by atoms with Gasteiger partial charge in [-0.25, -0.2) is 8.78 Å². The fraction of sp³-hybridized carbons (Fsp3) is 0.500. The highest BCUT2D eigenvalue weighted by Crippen LogP contribution is 2.16. The van der Waals surface area contributed by atoms with Crippen molar-refractivity contribution in [1.82, 2.24) is 10.2 Å². The number of nitrogens with zero attached hydrogens (tertiary/aromatic N) is 1. The van der Waals surface area contributed by atoms with E-state index < -0.39 is 11.6 Å². The molecule has 1 aliphatic rings. The number of carbonyl (C=O) groups is 1. The Morgan fingerprint density at radius 2 is 2.26 bits per heavy atom. The van der Waals surface area contributed by atoms with Gasteiger partial charge >= 0.3 is 0 Å². The van der Waals surface area contributed by atoms with E-state index in [1.807, 2.05) is 0 Å². The predicted octanol–water partition coefficient (Wildman–Crippen LogP) is 1.92. The van der Waals surface area contributed by atoms with Crippen LogP contribution in [-0.4, -0.2) is 30.9 Å². The topological polar surface area (TPSA) is 32.3 Å². The van der Waals surface area contributed by atoms with Crippen molar-refractivity contribution in [2.45, 2.75) is 19.4 Å². The fourth-order valence-corrected chi connectivity index (χ4v) is 2.30. The SMILES string of the molecule is CN(Cc1cc(F)ccc1F)C(=O)CC1CCNC1. The highest BCUT2D eigenvalue weighted by Gasteiger charge is 2.20. The lowest BCUT2D eigenvalue weighted by Gasteiger charge is -2.19. The monoisotopic (exact) mass is 268 g/mol. The summed E-state index contributed by atoms with van der Waals surface area (Å²) in [7, 11) is 1.62. The first-order chi connectivity index (χ1) is 9.06. The molecule has 0 saturated carbocycles. The van der Waals surface area contributed by atoms with E-state index in [0.29, 0.717) is 12.3 Å². The van der Waals surface area contributed by atoms with E-state index in [2.05, 4.69) is 5.32 Å². The van der Waals surface area contributed by atoms with Crippen molar-refractivity contribution in [2.75, 3.05) is 20.1 Å². The van der Waals surface area contributed by atoms with Crippen LogP contribution in [0.5, 0.6) is 0 Å². The normalized spacial score (nSPS) is 18.6. The number of hydrogen-bond acceptors (Lipinski definition) is 2. The van der Waals surface area contributed by atoms with Crippen LogP contribution >= 0.6 is 0 Å². The second-order valence-electron chi connectivity index (χ2n) is 5.05. The summed E-state index contributed by atoms with van der Waals surface area (Å²) in [6.07, 6.45) is 1.45. The summed E-state index contributed by atoms with van der Waals surface area (Å²) in [4.78, 5) is 13.4. The Morgan fingerprint density at radius 3 is 2.95 bits per heavy atom. The molecule has 2 rings (SSSR count). The number of carbonyl (C=O) groups excluding carboxylic acids is 1. The summed E-state index contributed by atoms with van der Waals surface area (Å²) in [6, 6.07) is 3.30. The average Bonchev–Trinajstić information content (AvgIpc) is 2.86. The number of halogens is 2. The molecular weight excluding hydrogens is 250 g/mol. The Bertz CT molecular complexity index is 459. The number of amides is 1. The van der Waals surface area contributed by atoms with Gasteiger partial charge in [-0.1, -0.05) is 0 Å². The maximum Gasteiger partial charge on any atom is 0.222 e. The maximum atomic E-state index is 13.5. The molecule has 1 aliphatic heterocycles. The molecule has 1 heterocycles. The highest BCUT2D eigenvalue weighted by atomic mass is 19.1. The van der Waals surface area contributed by atoms with E-state index in [1.54, 1.807) is 7.05 Å². The molecule has 19 heavy (non-hydrogen) atoms. The van der Waals surface area contributed by atoms with Crippen LogP contribution in [0.2, 0.25) is 0 Å². The molecule has 0 radical (unpaired) electrons. The number of benzene rings is 1. The summed E-state index contributed by atoms with van der Waals surface area (Å²) in [5.74, 6) is -0.648. The van der Waals surface area contributed by atoms with Crippen LogP contribution in [0.15, 0.2) is 18.2 Å². The molecule has 0 spiro atoms. The quantitative estimate of drug-likeness (QED) is 0.905. The van der Waals surface area contributed by atoms with E-state index in [9.17, 15) is 13.6 Å². The van der Waals surface area contributed by atoms with Crippen molar-refractivity contribution in [1.29, 1.82) is 0 Å². The molecule has 0 aromatic heterocycles. The largest absolute Gasteiger partial charge is 0.341 e. The summed E-state index contributed by atoms with van der Waals surface area (Å²) in [5, 5.41) is 3.20. The van der Waals surface area contributed by atoms with Gasteiger partial charge in [-0.3, -0.25) is 4.79 Å². The van der Waals surface area contributed by atoms with E-state index in [-0.39, 0.29) is 18.0 Å². The van der Waals surface area contributed by atoms with Crippen molar-refractivity contribution in [3.63, 3.8) is 0 Å². The zero-order chi connectivity index (χ0) is 13.8. The third-order valence-corrected chi connectivity index (χ3v) is 3.47. The van der Waals surface area contributed by atoms with Crippen molar-refractivity contribution in [3.8, 4) is 0 Å². The van der Waals surface area contributed by atoms with Crippen LogP contribution in [0.1, 0.15) is 18.4 Å². The molecule has 1 aromatic carbocycles. The summed E-state index contributed by atoms with van der Waals surface area (Å²) < 4.78 is 26.5. The van der Waals surface area contributed by atoms with Gasteiger partial charge in [-0.15, -0.1) is 0 Å². The molecular formula is C14H18F2N2O. The molecule has 0 bridgehead atoms. The Balaban J connectivity index is 1.93. The average molecular weight is 268 g/mol. The van der Waals surface area contributed by atoms with Crippen molar-refractivity contribution < 1.29 is 13.6 Å². The third-order valence-electron chi connectivity index (χ3n) is 3.47. The zero-order valence-corrected chi connectivity index (χ0v) is 11.0. The second kappa shape index (κ2) is 6.10. The minimum absolute atomic E-state index is 0.0302. The molecule has 1 unspecified atom stereocenters. The van der Waals surface area contributed by atoms with Crippen LogP contribution in [0.25, 0.3) is 0 Å². The van der Waals surface area contributed by atoms with E-state index in [4.69, 9.17) is 0 Å². The summed E-state index contributed by atoms with van der Waals surface area (Å²) in [6.45, 7) is 1.90. The standard InChI is InChI=1S/C14H18F2N2O/c1-18(14(19)6-10-4-5-17-8-10)9-11-7-12(15)2-3-13(11)16/h2-3,7,10,17H,4-6,8-9H2,1H3. The molecule has 3 nitrogen and oxygen atoms in total. The van der Waals surface area contributed by atoms with Crippen LogP contribution in [0, 0.1) is 17.6 Å². The molecule has 1 fully saturated rings. The Kier molecular flexibility index (Phi) is 4.47. The van der Waals surface area contributed by atoms with Gasteiger partial charge < -0.3 is 10.2 Å². The number of nitrogens with one attached hydrogen (secondary N) is 1. The lowest BCUT2D eigenvalue weighted by atomic mass is 10.0. The minimum atomic E-state index is -0.489. The molecule has 0 aliphatic carbocycles. The first-order valence-corrected chi connectivity index (χ1v) is 6.45. The fourth-order valence-electron chi connectivity index (χ4n) is 2.30. The smallest absolute Gasteiger partial charge is 0.222 e. The van der Waals surface area contributed by atoms with Crippen LogP contribution in [0.3, 0.4) is 0 Å². The van der Waals surface area contributed by atoms with Crippen molar-refractivity contribution in [2.24, 2.45) is 5.92 Å². The molecule has 1 aromatic rings. The van der Waals surface area contributed by atoms with Gasteiger partial charge in [0.1, 0.15) is 11.6 Å².